The van der Waals surface area contributed by atoms with E-state index in [4.69, 9.17) is 16.3 Å². The monoisotopic (exact) mass is 523 g/mol. The number of anilines is 2. The molecule has 3 amide bonds. The molecule has 1 N–H and O–H groups in total. The van der Waals surface area contributed by atoms with Crippen molar-refractivity contribution < 1.29 is 23.9 Å². The summed E-state index contributed by atoms with van der Waals surface area (Å²) in [5.41, 5.74) is 1.37. The average Bonchev–Trinajstić information content (AvgIpc) is 3.11. The van der Waals surface area contributed by atoms with E-state index in [-0.39, 0.29) is 40.0 Å². The number of carbonyl (C=O) groups is 4. The summed E-state index contributed by atoms with van der Waals surface area (Å²) >= 11 is 6.25. The van der Waals surface area contributed by atoms with Crippen molar-refractivity contribution in [2.75, 3.05) is 17.3 Å². The second-order valence-electron chi connectivity index (χ2n) is 9.55. The maximum absolute atomic E-state index is 13.2. The molecule has 1 saturated carbocycles. The van der Waals surface area contributed by atoms with Crippen LogP contribution in [0.1, 0.15) is 66.7 Å². The summed E-state index contributed by atoms with van der Waals surface area (Å²) in [7, 11) is 1.84. The average molecular weight is 524 g/mol. The summed E-state index contributed by atoms with van der Waals surface area (Å²) in [6.07, 6.45) is 5.21. The second-order valence-corrected chi connectivity index (χ2v) is 9.93. The maximum Gasteiger partial charge on any atom is 0.338 e. The zero-order chi connectivity index (χ0) is 26.7. The minimum absolute atomic E-state index is 0.0510. The number of amides is 3. The van der Waals surface area contributed by atoms with E-state index in [0.29, 0.717) is 11.3 Å². The van der Waals surface area contributed by atoms with Crippen LogP contribution in [-0.2, 0) is 14.3 Å². The number of rotatable bonds is 7. The van der Waals surface area contributed by atoms with E-state index < -0.39 is 17.8 Å². The number of hydrogen-bond donors (Lipinski definition) is 1. The Morgan fingerprint density at radius 1 is 1.00 bits per heavy atom. The number of esters is 1. The Morgan fingerprint density at radius 2 is 1.68 bits per heavy atom. The van der Waals surface area contributed by atoms with Crippen molar-refractivity contribution in [2.24, 2.45) is 0 Å². The van der Waals surface area contributed by atoms with Gasteiger partial charge in [0.1, 0.15) is 10.7 Å². The van der Waals surface area contributed by atoms with Gasteiger partial charge in [-0.15, -0.1) is 0 Å². The molecule has 0 spiro atoms. The van der Waals surface area contributed by atoms with E-state index in [1.54, 1.807) is 50.2 Å². The van der Waals surface area contributed by atoms with E-state index in [1.807, 2.05) is 11.9 Å². The van der Waals surface area contributed by atoms with Crippen LogP contribution in [0.4, 0.5) is 11.4 Å². The van der Waals surface area contributed by atoms with Gasteiger partial charge in [0.2, 0.25) is 0 Å². The number of nitrogens with one attached hydrogen (secondary N) is 1. The maximum atomic E-state index is 13.2. The first-order valence-electron chi connectivity index (χ1n) is 12.4. The highest BCUT2D eigenvalue weighted by molar-refractivity contribution is 6.53. The van der Waals surface area contributed by atoms with Crippen LogP contribution in [0.5, 0.6) is 0 Å². The van der Waals surface area contributed by atoms with Crippen LogP contribution < -0.4 is 10.2 Å². The van der Waals surface area contributed by atoms with Crippen LogP contribution in [-0.4, -0.2) is 47.8 Å². The van der Waals surface area contributed by atoms with Crippen molar-refractivity contribution in [2.45, 2.75) is 58.1 Å². The number of ether oxygens (including phenoxy) is 1. The van der Waals surface area contributed by atoms with Crippen molar-refractivity contribution in [1.29, 1.82) is 0 Å². The molecule has 0 radical (unpaired) electrons. The lowest BCUT2D eigenvalue weighted by Gasteiger charge is -2.31. The molecule has 2 aromatic carbocycles. The largest absolute Gasteiger partial charge is 0.459 e. The van der Waals surface area contributed by atoms with Gasteiger partial charge in [-0.2, -0.15) is 0 Å². The van der Waals surface area contributed by atoms with Crippen LogP contribution in [0, 0.1) is 0 Å². The normalized spacial score (nSPS) is 16.4. The standard InChI is InChI=1S/C28H30ClN3O5/c1-17(2)37-28(36)19-8-7-11-22(16-19)32-26(34)23(29)24(27(32)35)30-20-14-12-18(13-15-20)25(33)31(3)21-9-5-4-6-10-21/h7-8,11-17,21,30H,4-6,9-10H2,1-3H3. The molecular formula is C28H30ClN3O5. The van der Waals surface area contributed by atoms with Crippen molar-refractivity contribution in [3.63, 3.8) is 0 Å². The lowest BCUT2D eigenvalue weighted by molar-refractivity contribution is -0.120. The smallest absolute Gasteiger partial charge is 0.338 e. The number of benzene rings is 2. The van der Waals surface area contributed by atoms with Gasteiger partial charge in [0.25, 0.3) is 17.7 Å². The zero-order valence-corrected chi connectivity index (χ0v) is 21.9. The molecule has 0 atom stereocenters. The Balaban J connectivity index is 1.47. The predicted molar refractivity (Wildman–Crippen MR) is 141 cm³/mol. The van der Waals surface area contributed by atoms with Crippen molar-refractivity contribution in [3.8, 4) is 0 Å². The van der Waals surface area contributed by atoms with Gasteiger partial charge in [-0.25, -0.2) is 9.69 Å². The Kier molecular flexibility index (Phi) is 7.97. The summed E-state index contributed by atoms with van der Waals surface area (Å²) in [6, 6.07) is 13.0. The molecule has 1 heterocycles. The van der Waals surface area contributed by atoms with Gasteiger partial charge in [0.15, 0.2) is 0 Å². The first kappa shape index (κ1) is 26.4. The summed E-state index contributed by atoms with van der Waals surface area (Å²) in [6.45, 7) is 3.46. The first-order valence-corrected chi connectivity index (χ1v) is 12.8. The number of carbonyl (C=O) groups excluding carboxylic acids is 4. The summed E-state index contributed by atoms with van der Waals surface area (Å²) < 4.78 is 5.20. The van der Waals surface area contributed by atoms with Gasteiger partial charge < -0.3 is 15.0 Å². The molecule has 2 aliphatic rings. The molecule has 4 rings (SSSR count). The third-order valence-electron chi connectivity index (χ3n) is 6.55. The number of nitrogens with zero attached hydrogens (tertiary/aromatic N) is 2. The Morgan fingerprint density at radius 3 is 2.32 bits per heavy atom. The van der Waals surface area contributed by atoms with Gasteiger partial charge in [-0.3, -0.25) is 14.4 Å². The van der Waals surface area contributed by atoms with Gasteiger partial charge in [-0.05, 0) is 69.2 Å². The lowest BCUT2D eigenvalue weighted by atomic mass is 9.94. The van der Waals surface area contributed by atoms with Crippen LogP contribution in [0.2, 0.25) is 0 Å². The van der Waals surface area contributed by atoms with Crippen LogP contribution >= 0.6 is 11.6 Å². The minimum atomic E-state index is -0.704. The molecule has 1 fully saturated rings. The fourth-order valence-corrected chi connectivity index (χ4v) is 4.79. The predicted octanol–water partition coefficient (Wildman–Crippen LogP) is 5.09. The van der Waals surface area contributed by atoms with E-state index in [9.17, 15) is 19.2 Å². The van der Waals surface area contributed by atoms with Crippen LogP contribution in [0.25, 0.3) is 0 Å². The highest BCUT2D eigenvalue weighted by Gasteiger charge is 2.39. The van der Waals surface area contributed by atoms with Crippen molar-refractivity contribution in [3.05, 3.63) is 70.4 Å². The van der Waals surface area contributed by atoms with Crippen molar-refractivity contribution in [1.82, 2.24) is 4.90 Å². The summed E-state index contributed by atoms with van der Waals surface area (Å²) in [5, 5.41) is 2.65. The van der Waals surface area contributed by atoms with E-state index in [2.05, 4.69) is 5.32 Å². The SMILES string of the molecule is CC(C)OC(=O)c1cccc(N2C(=O)C(Cl)=C(Nc3ccc(C(=O)N(C)C4CCCCC4)cc3)C2=O)c1. The fraction of sp³-hybridized carbons (Fsp3) is 0.357. The fourth-order valence-electron chi connectivity index (χ4n) is 4.58. The molecule has 0 bridgehead atoms. The van der Waals surface area contributed by atoms with Gasteiger partial charge >= 0.3 is 5.97 Å². The Labute approximate surface area is 221 Å². The molecule has 37 heavy (non-hydrogen) atoms. The molecule has 9 heteroatoms. The summed E-state index contributed by atoms with van der Waals surface area (Å²) in [4.78, 5) is 53.9. The number of imide groups is 1. The van der Waals surface area contributed by atoms with E-state index >= 15 is 0 Å². The second kappa shape index (κ2) is 11.2. The molecule has 194 valence electrons. The lowest BCUT2D eigenvalue weighted by Crippen LogP contribution is -2.38. The molecule has 1 aliphatic carbocycles. The number of halogens is 1. The third-order valence-corrected chi connectivity index (χ3v) is 6.90. The Bertz CT molecular complexity index is 1250. The summed E-state index contributed by atoms with van der Waals surface area (Å²) in [5.74, 6) is -1.96. The molecule has 1 aliphatic heterocycles. The quantitative estimate of drug-likeness (QED) is 0.401. The van der Waals surface area contributed by atoms with Gasteiger partial charge in [0.05, 0.1) is 17.4 Å². The zero-order valence-electron chi connectivity index (χ0n) is 21.1. The molecule has 8 nitrogen and oxygen atoms in total. The topological polar surface area (TPSA) is 96.0 Å². The third kappa shape index (κ3) is 5.69. The van der Waals surface area contributed by atoms with Gasteiger partial charge in [-0.1, -0.05) is 36.9 Å². The van der Waals surface area contributed by atoms with E-state index in [0.717, 1.165) is 30.6 Å². The molecule has 0 aromatic heterocycles. The minimum Gasteiger partial charge on any atom is -0.459 e. The first-order chi connectivity index (χ1) is 17.7. The number of hydrogen-bond acceptors (Lipinski definition) is 6. The Hall–Kier alpha value is -3.65. The van der Waals surface area contributed by atoms with Crippen molar-refractivity contribution >= 4 is 46.7 Å². The molecule has 0 saturated heterocycles. The van der Waals surface area contributed by atoms with Crippen LogP contribution in [0.15, 0.2) is 59.3 Å². The van der Waals surface area contributed by atoms with E-state index in [1.165, 1.54) is 18.6 Å². The highest BCUT2D eigenvalue weighted by Crippen LogP contribution is 2.31. The molecule has 0 unspecified atom stereocenters. The van der Waals surface area contributed by atoms with Gasteiger partial charge in [0, 0.05) is 24.3 Å². The van der Waals surface area contributed by atoms with Crippen LogP contribution in [0.3, 0.4) is 0 Å². The molecule has 2 aromatic rings. The molecular weight excluding hydrogens is 494 g/mol. The highest BCUT2D eigenvalue weighted by atomic mass is 35.5.